The lowest BCUT2D eigenvalue weighted by atomic mass is 9.82. The van der Waals surface area contributed by atoms with E-state index in [1.54, 1.807) is 4.90 Å². The summed E-state index contributed by atoms with van der Waals surface area (Å²) in [5, 5.41) is 9.24. The molecule has 0 saturated heterocycles. The zero-order chi connectivity index (χ0) is 13.1. The molecular formula is C14H24N2O2. The van der Waals surface area contributed by atoms with E-state index in [0.29, 0.717) is 12.5 Å². The van der Waals surface area contributed by atoms with Gasteiger partial charge in [-0.3, -0.25) is 9.69 Å². The summed E-state index contributed by atoms with van der Waals surface area (Å²) in [4.78, 5) is 16.0. The van der Waals surface area contributed by atoms with Crippen molar-refractivity contribution >= 4 is 5.91 Å². The number of aliphatic hydroxyl groups excluding tert-OH is 1. The number of carbonyl (C=O) groups is 1. The molecule has 18 heavy (non-hydrogen) atoms. The molecule has 0 bridgehead atoms. The van der Waals surface area contributed by atoms with Crippen LogP contribution in [-0.4, -0.2) is 54.1 Å². The molecule has 0 aromatic carbocycles. The maximum absolute atomic E-state index is 12.1. The first-order valence-electron chi connectivity index (χ1n) is 6.88. The van der Waals surface area contributed by atoms with Gasteiger partial charge < -0.3 is 10.0 Å². The second kappa shape index (κ2) is 5.85. The number of amides is 1. The van der Waals surface area contributed by atoms with Gasteiger partial charge >= 0.3 is 0 Å². The lowest BCUT2D eigenvalue weighted by molar-refractivity contribution is -0.129. The first kappa shape index (κ1) is 13.6. The van der Waals surface area contributed by atoms with Gasteiger partial charge in [-0.25, -0.2) is 0 Å². The minimum atomic E-state index is -0.106. The van der Waals surface area contributed by atoms with E-state index in [0.717, 1.165) is 32.2 Å². The van der Waals surface area contributed by atoms with Crippen LogP contribution in [0.1, 0.15) is 32.1 Å². The molecule has 4 nitrogen and oxygen atoms in total. The predicted molar refractivity (Wildman–Crippen MR) is 70.9 cm³/mol. The van der Waals surface area contributed by atoms with Crippen molar-refractivity contribution in [2.45, 2.75) is 38.2 Å². The largest absolute Gasteiger partial charge is 0.393 e. The molecule has 0 spiro atoms. The molecule has 0 aliphatic heterocycles. The number of aliphatic hydroxyl groups is 1. The van der Waals surface area contributed by atoms with Gasteiger partial charge in [0.1, 0.15) is 0 Å². The third-order valence-electron chi connectivity index (χ3n) is 4.01. The average Bonchev–Trinajstić information content (AvgIpc) is 2.79. The third-order valence-corrected chi connectivity index (χ3v) is 4.01. The van der Waals surface area contributed by atoms with Crippen LogP contribution in [0.5, 0.6) is 0 Å². The zero-order valence-electron chi connectivity index (χ0n) is 11.4. The minimum Gasteiger partial charge on any atom is -0.393 e. The van der Waals surface area contributed by atoms with Crippen molar-refractivity contribution in [3.05, 3.63) is 11.8 Å². The van der Waals surface area contributed by atoms with Crippen molar-refractivity contribution in [1.29, 1.82) is 0 Å². The van der Waals surface area contributed by atoms with Crippen molar-refractivity contribution in [2.75, 3.05) is 27.2 Å². The third kappa shape index (κ3) is 3.33. The maximum Gasteiger partial charge on any atom is 0.240 e. The molecule has 0 radical (unpaired) electrons. The molecule has 4 heteroatoms. The smallest absolute Gasteiger partial charge is 0.240 e. The van der Waals surface area contributed by atoms with Crippen molar-refractivity contribution < 1.29 is 9.90 Å². The number of hydrogen-bond acceptors (Lipinski definition) is 3. The van der Waals surface area contributed by atoms with Crippen LogP contribution in [0.25, 0.3) is 0 Å². The second-order valence-electron chi connectivity index (χ2n) is 5.73. The van der Waals surface area contributed by atoms with Crippen LogP contribution in [0.3, 0.4) is 0 Å². The van der Waals surface area contributed by atoms with Gasteiger partial charge in [0.05, 0.1) is 12.6 Å². The summed E-state index contributed by atoms with van der Waals surface area (Å²) >= 11 is 0. The Morgan fingerprint density at radius 2 is 2.17 bits per heavy atom. The highest BCUT2D eigenvalue weighted by molar-refractivity contribution is 5.79. The van der Waals surface area contributed by atoms with E-state index in [4.69, 9.17) is 0 Å². The monoisotopic (exact) mass is 252 g/mol. The van der Waals surface area contributed by atoms with E-state index in [2.05, 4.69) is 11.0 Å². The standard InChI is InChI=1S/C14H24N2O2/c1-15(9-11-7-13(17)8-11)10-14(18)16(2)12-5-3-4-6-12/h5,11,13,17H,3-4,6-10H2,1-2H3. The first-order valence-corrected chi connectivity index (χ1v) is 6.88. The summed E-state index contributed by atoms with van der Waals surface area (Å²) in [5.74, 6) is 0.735. The highest BCUT2D eigenvalue weighted by Crippen LogP contribution is 2.27. The molecule has 102 valence electrons. The molecule has 2 rings (SSSR count). The SMILES string of the molecule is CN(CC(=O)N(C)C1=CCCC1)CC1CC(O)C1. The fourth-order valence-electron chi connectivity index (χ4n) is 2.81. The Balaban J connectivity index is 1.72. The summed E-state index contributed by atoms with van der Waals surface area (Å²) in [7, 11) is 3.86. The van der Waals surface area contributed by atoms with Crippen LogP contribution in [-0.2, 0) is 4.79 Å². The molecule has 0 aromatic heterocycles. The van der Waals surface area contributed by atoms with Crippen LogP contribution < -0.4 is 0 Å². The van der Waals surface area contributed by atoms with Crippen molar-refractivity contribution in [2.24, 2.45) is 5.92 Å². The topological polar surface area (TPSA) is 43.8 Å². The molecular weight excluding hydrogens is 228 g/mol. The molecule has 1 saturated carbocycles. The van der Waals surface area contributed by atoms with E-state index in [1.807, 2.05) is 14.1 Å². The maximum atomic E-state index is 12.1. The Morgan fingerprint density at radius 1 is 1.44 bits per heavy atom. The van der Waals surface area contributed by atoms with E-state index in [-0.39, 0.29) is 12.0 Å². The normalized spacial score (nSPS) is 27.0. The molecule has 0 heterocycles. The highest BCUT2D eigenvalue weighted by atomic mass is 16.3. The fourth-order valence-corrected chi connectivity index (χ4v) is 2.81. The summed E-state index contributed by atoms with van der Waals surface area (Å²) < 4.78 is 0. The lowest BCUT2D eigenvalue weighted by Gasteiger charge is -2.34. The number of allylic oxidation sites excluding steroid dienone is 2. The van der Waals surface area contributed by atoms with Gasteiger partial charge in [-0.15, -0.1) is 0 Å². The Morgan fingerprint density at radius 3 is 2.72 bits per heavy atom. The summed E-state index contributed by atoms with van der Waals surface area (Å²) in [6.07, 6.45) is 7.14. The summed E-state index contributed by atoms with van der Waals surface area (Å²) in [6, 6.07) is 0. The van der Waals surface area contributed by atoms with Crippen molar-refractivity contribution in [1.82, 2.24) is 9.80 Å². The van der Waals surface area contributed by atoms with Crippen LogP contribution in [0.4, 0.5) is 0 Å². The molecule has 0 unspecified atom stereocenters. The first-order chi connectivity index (χ1) is 8.56. The molecule has 0 aromatic rings. The van der Waals surface area contributed by atoms with Crippen LogP contribution >= 0.6 is 0 Å². The average molecular weight is 252 g/mol. The Kier molecular flexibility index (Phi) is 4.40. The van der Waals surface area contributed by atoms with Gasteiger partial charge in [0.25, 0.3) is 0 Å². The fraction of sp³-hybridized carbons (Fsp3) is 0.786. The highest BCUT2D eigenvalue weighted by Gasteiger charge is 2.28. The Labute approximate surface area is 109 Å². The quantitative estimate of drug-likeness (QED) is 0.800. The van der Waals surface area contributed by atoms with Gasteiger partial charge in [-0.05, 0) is 45.1 Å². The van der Waals surface area contributed by atoms with Crippen molar-refractivity contribution in [3.63, 3.8) is 0 Å². The van der Waals surface area contributed by atoms with Crippen LogP contribution in [0, 0.1) is 5.92 Å². The Hall–Kier alpha value is -0.870. The van der Waals surface area contributed by atoms with Gasteiger partial charge in [-0.2, -0.15) is 0 Å². The number of hydrogen-bond donors (Lipinski definition) is 1. The van der Waals surface area contributed by atoms with Crippen LogP contribution in [0.2, 0.25) is 0 Å². The van der Waals surface area contributed by atoms with Gasteiger partial charge in [-0.1, -0.05) is 6.08 Å². The molecule has 2 aliphatic carbocycles. The molecule has 1 fully saturated rings. The van der Waals surface area contributed by atoms with Gasteiger partial charge in [0.2, 0.25) is 5.91 Å². The van der Waals surface area contributed by atoms with E-state index in [9.17, 15) is 9.90 Å². The zero-order valence-corrected chi connectivity index (χ0v) is 11.4. The number of likely N-dealkylation sites (N-methyl/N-ethyl adjacent to an activating group) is 2. The van der Waals surface area contributed by atoms with Crippen LogP contribution in [0.15, 0.2) is 11.8 Å². The summed E-state index contributed by atoms with van der Waals surface area (Å²) in [6.45, 7) is 1.39. The van der Waals surface area contributed by atoms with Crippen molar-refractivity contribution in [3.8, 4) is 0 Å². The number of nitrogens with zero attached hydrogens (tertiary/aromatic N) is 2. The van der Waals surface area contributed by atoms with E-state index in [1.165, 1.54) is 12.1 Å². The second-order valence-corrected chi connectivity index (χ2v) is 5.73. The van der Waals surface area contributed by atoms with Gasteiger partial charge in [0, 0.05) is 19.3 Å². The van der Waals surface area contributed by atoms with E-state index >= 15 is 0 Å². The predicted octanol–water partition coefficient (Wildman–Crippen LogP) is 1.22. The Bertz CT molecular complexity index is 335. The lowest BCUT2D eigenvalue weighted by Crippen LogP contribution is -2.41. The number of carbonyl (C=O) groups excluding carboxylic acids is 1. The number of rotatable bonds is 5. The molecule has 1 amide bonds. The molecule has 1 N–H and O–H groups in total. The summed E-state index contributed by atoms with van der Waals surface area (Å²) in [5.41, 5.74) is 1.17. The molecule has 0 atom stereocenters. The minimum absolute atomic E-state index is 0.106. The molecule has 2 aliphatic rings. The van der Waals surface area contributed by atoms with E-state index < -0.39 is 0 Å². The van der Waals surface area contributed by atoms with Gasteiger partial charge in [0.15, 0.2) is 0 Å².